The standard InChI is InChI=1S/C20H20O4/c1-15(21)20(2,13-18(22)17-11-7-4-8-12-17)19(23)24-14-16-9-5-3-6-10-16/h3-12H,13-14H2,1-2H3/t20-/m1/s1. The van der Waals surface area contributed by atoms with Gasteiger partial charge in [-0.05, 0) is 19.4 Å². The molecule has 2 rings (SSSR count). The van der Waals surface area contributed by atoms with E-state index in [0.717, 1.165) is 5.56 Å². The Labute approximate surface area is 141 Å². The first-order chi connectivity index (χ1) is 11.4. The molecule has 0 amide bonds. The highest BCUT2D eigenvalue weighted by Gasteiger charge is 2.42. The Morgan fingerprint density at radius 2 is 1.46 bits per heavy atom. The van der Waals surface area contributed by atoms with E-state index in [1.807, 2.05) is 30.3 Å². The Morgan fingerprint density at radius 3 is 2.00 bits per heavy atom. The molecule has 0 bridgehead atoms. The average molecular weight is 324 g/mol. The fourth-order valence-electron chi connectivity index (χ4n) is 2.27. The number of rotatable bonds is 7. The average Bonchev–Trinajstić information content (AvgIpc) is 2.61. The van der Waals surface area contributed by atoms with Crippen LogP contribution in [0.15, 0.2) is 60.7 Å². The van der Waals surface area contributed by atoms with Crippen molar-refractivity contribution in [1.82, 2.24) is 0 Å². The minimum Gasteiger partial charge on any atom is -0.460 e. The molecule has 0 aromatic heterocycles. The minimum atomic E-state index is -1.48. The van der Waals surface area contributed by atoms with Gasteiger partial charge in [0.15, 0.2) is 5.78 Å². The largest absolute Gasteiger partial charge is 0.460 e. The summed E-state index contributed by atoms with van der Waals surface area (Å²) in [6, 6.07) is 17.8. The highest BCUT2D eigenvalue weighted by molar-refractivity contribution is 6.08. The van der Waals surface area contributed by atoms with Crippen molar-refractivity contribution in [3.8, 4) is 0 Å². The molecule has 0 radical (unpaired) electrons. The Hall–Kier alpha value is -2.75. The summed E-state index contributed by atoms with van der Waals surface area (Å²) in [4.78, 5) is 36.9. The first-order valence-corrected chi connectivity index (χ1v) is 7.74. The van der Waals surface area contributed by atoms with Crippen LogP contribution in [-0.4, -0.2) is 17.5 Å². The topological polar surface area (TPSA) is 60.4 Å². The van der Waals surface area contributed by atoms with Gasteiger partial charge in [0.1, 0.15) is 17.8 Å². The van der Waals surface area contributed by atoms with Crippen LogP contribution in [0.3, 0.4) is 0 Å². The van der Waals surface area contributed by atoms with Crippen LogP contribution in [0.25, 0.3) is 0 Å². The summed E-state index contributed by atoms with van der Waals surface area (Å²) in [5, 5.41) is 0. The van der Waals surface area contributed by atoms with Gasteiger partial charge in [0.25, 0.3) is 0 Å². The molecule has 0 aliphatic rings. The summed E-state index contributed by atoms with van der Waals surface area (Å²) in [5.74, 6) is -1.32. The molecule has 0 aliphatic carbocycles. The van der Waals surface area contributed by atoms with Crippen LogP contribution in [0.1, 0.15) is 36.2 Å². The first-order valence-electron chi connectivity index (χ1n) is 7.74. The van der Waals surface area contributed by atoms with E-state index in [1.54, 1.807) is 30.3 Å². The zero-order chi connectivity index (χ0) is 17.6. The predicted octanol–water partition coefficient (Wildman–Crippen LogP) is 3.60. The van der Waals surface area contributed by atoms with Crippen molar-refractivity contribution in [3.05, 3.63) is 71.8 Å². The monoisotopic (exact) mass is 324 g/mol. The fourth-order valence-corrected chi connectivity index (χ4v) is 2.27. The first kappa shape index (κ1) is 17.6. The molecule has 0 aliphatic heterocycles. The second-order valence-corrected chi connectivity index (χ2v) is 5.92. The van der Waals surface area contributed by atoms with Crippen LogP contribution in [0.4, 0.5) is 0 Å². The molecule has 4 heteroatoms. The van der Waals surface area contributed by atoms with Crippen LogP contribution in [-0.2, 0) is 20.9 Å². The molecular formula is C20H20O4. The summed E-state index contributed by atoms with van der Waals surface area (Å²) in [6.45, 7) is 2.84. The number of benzene rings is 2. The maximum Gasteiger partial charge on any atom is 0.320 e. The molecule has 0 saturated carbocycles. The highest BCUT2D eigenvalue weighted by atomic mass is 16.5. The lowest BCUT2D eigenvalue weighted by Crippen LogP contribution is -2.38. The smallest absolute Gasteiger partial charge is 0.320 e. The van der Waals surface area contributed by atoms with E-state index in [9.17, 15) is 14.4 Å². The van der Waals surface area contributed by atoms with E-state index >= 15 is 0 Å². The van der Waals surface area contributed by atoms with Crippen molar-refractivity contribution < 1.29 is 19.1 Å². The second-order valence-electron chi connectivity index (χ2n) is 5.92. The maximum absolute atomic E-state index is 12.5. The Balaban J connectivity index is 2.10. The molecule has 124 valence electrons. The van der Waals surface area contributed by atoms with Gasteiger partial charge in [0.2, 0.25) is 0 Å². The van der Waals surface area contributed by atoms with Crippen molar-refractivity contribution in [3.63, 3.8) is 0 Å². The minimum absolute atomic E-state index is 0.0715. The molecule has 0 unspecified atom stereocenters. The van der Waals surface area contributed by atoms with Gasteiger partial charge in [0.05, 0.1) is 0 Å². The van der Waals surface area contributed by atoms with Gasteiger partial charge in [-0.25, -0.2) is 0 Å². The van der Waals surface area contributed by atoms with Crippen molar-refractivity contribution in [2.45, 2.75) is 26.9 Å². The molecule has 4 nitrogen and oxygen atoms in total. The van der Waals surface area contributed by atoms with Crippen LogP contribution in [0, 0.1) is 5.41 Å². The van der Waals surface area contributed by atoms with Crippen molar-refractivity contribution in [2.75, 3.05) is 0 Å². The summed E-state index contributed by atoms with van der Waals surface area (Å²) >= 11 is 0. The Kier molecular flexibility index (Phi) is 5.64. The Bertz CT molecular complexity index is 722. The third-order valence-corrected chi connectivity index (χ3v) is 4.05. The van der Waals surface area contributed by atoms with Crippen molar-refractivity contribution >= 4 is 17.5 Å². The van der Waals surface area contributed by atoms with Crippen LogP contribution in [0.5, 0.6) is 0 Å². The Morgan fingerprint density at radius 1 is 0.917 bits per heavy atom. The summed E-state index contributed by atoms with van der Waals surface area (Å²) < 4.78 is 5.28. The summed E-state index contributed by atoms with van der Waals surface area (Å²) in [7, 11) is 0. The van der Waals surface area contributed by atoms with E-state index in [4.69, 9.17) is 4.74 Å². The van der Waals surface area contributed by atoms with Gasteiger partial charge in [-0.2, -0.15) is 0 Å². The van der Waals surface area contributed by atoms with Gasteiger partial charge in [-0.15, -0.1) is 0 Å². The summed E-state index contributed by atoms with van der Waals surface area (Å²) in [6.07, 6.45) is -0.208. The molecule has 0 heterocycles. The van der Waals surface area contributed by atoms with E-state index in [1.165, 1.54) is 13.8 Å². The van der Waals surface area contributed by atoms with E-state index in [-0.39, 0.29) is 24.6 Å². The molecule has 0 saturated heterocycles. The van der Waals surface area contributed by atoms with E-state index in [0.29, 0.717) is 5.56 Å². The van der Waals surface area contributed by atoms with Crippen molar-refractivity contribution in [2.24, 2.45) is 5.41 Å². The molecular weight excluding hydrogens is 304 g/mol. The normalized spacial score (nSPS) is 12.9. The lowest BCUT2D eigenvalue weighted by Gasteiger charge is -2.24. The number of ether oxygens (including phenoxy) is 1. The van der Waals surface area contributed by atoms with Crippen LogP contribution >= 0.6 is 0 Å². The lowest BCUT2D eigenvalue weighted by atomic mass is 9.80. The van der Waals surface area contributed by atoms with Gasteiger partial charge >= 0.3 is 5.97 Å². The van der Waals surface area contributed by atoms with Crippen molar-refractivity contribution in [1.29, 1.82) is 0 Å². The number of esters is 1. The molecule has 0 spiro atoms. The third kappa shape index (κ3) is 4.16. The zero-order valence-electron chi connectivity index (χ0n) is 13.8. The molecule has 1 atom stereocenters. The van der Waals surface area contributed by atoms with Gasteiger partial charge in [-0.3, -0.25) is 14.4 Å². The van der Waals surface area contributed by atoms with Gasteiger partial charge in [0, 0.05) is 12.0 Å². The fraction of sp³-hybridized carbons (Fsp3) is 0.250. The zero-order valence-corrected chi connectivity index (χ0v) is 13.8. The highest BCUT2D eigenvalue weighted by Crippen LogP contribution is 2.27. The summed E-state index contributed by atoms with van der Waals surface area (Å²) in [5.41, 5.74) is -0.186. The maximum atomic E-state index is 12.5. The number of ketones is 2. The van der Waals surface area contributed by atoms with Gasteiger partial charge < -0.3 is 4.74 Å². The lowest BCUT2D eigenvalue weighted by molar-refractivity contribution is -0.160. The molecule has 0 N–H and O–H groups in total. The van der Waals surface area contributed by atoms with Gasteiger partial charge in [-0.1, -0.05) is 60.7 Å². The predicted molar refractivity (Wildman–Crippen MR) is 90.4 cm³/mol. The number of hydrogen-bond donors (Lipinski definition) is 0. The number of carbonyl (C=O) groups excluding carboxylic acids is 3. The molecule has 2 aromatic rings. The SMILES string of the molecule is CC(=O)[C@@](C)(CC(=O)c1ccccc1)C(=O)OCc1ccccc1. The van der Waals surface area contributed by atoms with Crippen LogP contribution in [0.2, 0.25) is 0 Å². The van der Waals surface area contributed by atoms with Crippen LogP contribution < -0.4 is 0 Å². The quantitative estimate of drug-likeness (QED) is 0.443. The number of carbonyl (C=O) groups is 3. The van der Waals surface area contributed by atoms with E-state index in [2.05, 4.69) is 0 Å². The molecule has 24 heavy (non-hydrogen) atoms. The molecule has 0 fully saturated rings. The third-order valence-electron chi connectivity index (χ3n) is 4.05. The molecule has 2 aromatic carbocycles. The second kappa shape index (κ2) is 7.68. The number of hydrogen-bond acceptors (Lipinski definition) is 4. The van der Waals surface area contributed by atoms with E-state index < -0.39 is 11.4 Å². The number of Topliss-reactive ketones (excluding diaryl/α,β-unsaturated/α-hetero) is 2.